The van der Waals surface area contributed by atoms with Crippen LogP contribution >= 0.6 is 0 Å². The van der Waals surface area contributed by atoms with Crippen molar-refractivity contribution in [3.05, 3.63) is 24.0 Å². The van der Waals surface area contributed by atoms with Crippen LogP contribution in [0.3, 0.4) is 0 Å². The summed E-state index contributed by atoms with van der Waals surface area (Å²) < 4.78 is 10.6. The monoisotopic (exact) mass is 279 g/mol. The molecule has 0 bridgehead atoms. The molecule has 0 aromatic carbocycles. The number of likely N-dealkylation sites (tertiary alicyclic amines) is 1. The van der Waals surface area contributed by atoms with Crippen molar-refractivity contribution in [3.8, 4) is 5.75 Å². The lowest BCUT2D eigenvalue weighted by Gasteiger charge is -2.47. The van der Waals surface area contributed by atoms with E-state index in [4.69, 9.17) is 15.2 Å². The van der Waals surface area contributed by atoms with Gasteiger partial charge in [-0.15, -0.1) is 0 Å². The summed E-state index contributed by atoms with van der Waals surface area (Å²) >= 11 is 0. The molecule has 1 saturated heterocycles. The van der Waals surface area contributed by atoms with Crippen LogP contribution in [0.4, 0.5) is 0 Å². The SMILES string of the molecule is COc1ccncc1C[C@@H](N)C(=O)N1CC(C)(OC)C1. The molecular formula is C14H21N3O3. The molecule has 0 unspecified atom stereocenters. The van der Waals surface area contributed by atoms with Gasteiger partial charge in [0.2, 0.25) is 5.91 Å². The molecule has 1 aromatic heterocycles. The van der Waals surface area contributed by atoms with E-state index < -0.39 is 6.04 Å². The fraction of sp³-hybridized carbons (Fsp3) is 0.571. The van der Waals surface area contributed by atoms with Crippen LogP contribution in [0.25, 0.3) is 0 Å². The van der Waals surface area contributed by atoms with Crippen molar-refractivity contribution in [1.82, 2.24) is 9.88 Å². The Morgan fingerprint density at radius 3 is 2.85 bits per heavy atom. The smallest absolute Gasteiger partial charge is 0.240 e. The molecule has 0 aliphatic carbocycles. The summed E-state index contributed by atoms with van der Waals surface area (Å²) in [5.74, 6) is 0.638. The number of amides is 1. The lowest BCUT2D eigenvalue weighted by molar-refractivity contribution is -0.159. The fourth-order valence-corrected chi connectivity index (χ4v) is 2.37. The Balaban J connectivity index is 1.95. The third kappa shape index (κ3) is 2.91. The molecule has 110 valence electrons. The maximum absolute atomic E-state index is 12.2. The Morgan fingerprint density at radius 2 is 2.25 bits per heavy atom. The third-order valence-corrected chi connectivity index (χ3v) is 3.69. The van der Waals surface area contributed by atoms with Crippen molar-refractivity contribution in [3.63, 3.8) is 0 Å². The van der Waals surface area contributed by atoms with Crippen molar-refractivity contribution in [2.75, 3.05) is 27.3 Å². The van der Waals surface area contributed by atoms with Crippen LogP contribution in [0.1, 0.15) is 12.5 Å². The van der Waals surface area contributed by atoms with Crippen molar-refractivity contribution >= 4 is 5.91 Å². The summed E-state index contributed by atoms with van der Waals surface area (Å²) in [4.78, 5) is 18.0. The Kier molecular flexibility index (Phi) is 4.25. The topological polar surface area (TPSA) is 77.7 Å². The molecule has 1 aliphatic rings. The van der Waals surface area contributed by atoms with Crippen molar-refractivity contribution < 1.29 is 14.3 Å². The van der Waals surface area contributed by atoms with E-state index in [1.54, 1.807) is 37.6 Å². The van der Waals surface area contributed by atoms with E-state index in [1.165, 1.54) is 0 Å². The van der Waals surface area contributed by atoms with Crippen molar-refractivity contribution in [2.45, 2.75) is 25.0 Å². The molecule has 1 aliphatic heterocycles. The maximum atomic E-state index is 12.2. The predicted molar refractivity (Wildman–Crippen MR) is 74.5 cm³/mol. The highest BCUT2D eigenvalue weighted by Gasteiger charge is 2.42. The number of rotatable bonds is 5. The zero-order valence-electron chi connectivity index (χ0n) is 12.1. The van der Waals surface area contributed by atoms with Gasteiger partial charge in [-0.1, -0.05) is 0 Å². The van der Waals surface area contributed by atoms with E-state index in [1.807, 2.05) is 6.92 Å². The first-order valence-electron chi connectivity index (χ1n) is 6.55. The number of aromatic nitrogens is 1. The van der Waals surface area contributed by atoms with E-state index in [9.17, 15) is 4.79 Å². The van der Waals surface area contributed by atoms with Crippen LogP contribution < -0.4 is 10.5 Å². The normalized spacial score (nSPS) is 18.3. The molecule has 1 aromatic rings. The predicted octanol–water partition coefficient (Wildman–Crippen LogP) is 0.207. The van der Waals surface area contributed by atoms with Gasteiger partial charge in [-0.2, -0.15) is 0 Å². The molecule has 2 rings (SSSR count). The molecule has 1 atom stereocenters. The highest BCUT2D eigenvalue weighted by Crippen LogP contribution is 2.25. The molecule has 0 saturated carbocycles. The summed E-state index contributed by atoms with van der Waals surface area (Å²) in [5.41, 5.74) is 6.60. The minimum absolute atomic E-state index is 0.0644. The van der Waals surface area contributed by atoms with Gasteiger partial charge in [-0.3, -0.25) is 9.78 Å². The number of hydrogen-bond acceptors (Lipinski definition) is 5. The van der Waals surface area contributed by atoms with E-state index >= 15 is 0 Å². The number of ether oxygens (including phenoxy) is 2. The minimum Gasteiger partial charge on any atom is -0.496 e. The lowest BCUT2D eigenvalue weighted by Crippen LogP contribution is -2.65. The van der Waals surface area contributed by atoms with Gasteiger partial charge in [-0.25, -0.2) is 0 Å². The third-order valence-electron chi connectivity index (χ3n) is 3.69. The average molecular weight is 279 g/mol. The molecule has 2 heterocycles. The summed E-state index contributed by atoms with van der Waals surface area (Å²) in [6.07, 6.45) is 3.74. The van der Waals surface area contributed by atoms with Gasteiger partial charge in [0.1, 0.15) is 5.75 Å². The van der Waals surface area contributed by atoms with Crippen LogP contribution in [-0.4, -0.2) is 54.7 Å². The molecular weight excluding hydrogens is 258 g/mol. The standard InChI is InChI=1S/C14H21N3O3/c1-14(20-3)8-17(9-14)13(18)11(15)6-10-7-16-5-4-12(10)19-2/h4-5,7,11H,6,8-9,15H2,1-3H3/t11-/m1/s1. The highest BCUT2D eigenvalue weighted by molar-refractivity contribution is 5.83. The summed E-state index contributed by atoms with van der Waals surface area (Å²) in [7, 11) is 3.24. The van der Waals surface area contributed by atoms with Crippen LogP contribution in [0.2, 0.25) is 0 Å². The number of carbonyl (C=O) groups excluding carboxylic acids is 1. The fourth-order valence-electron chi connectivity index (χ4n) is 2.37. The van der Waals surface area contributed by atoms with E-state index in [0.717, 1.165) is 5.56 Å². The number of nitrogens with two attached hydrogens (primary N) is 1. The van der Waals surface area contributed by atoms with Gasteiger partial charge >= 0.3 is 0 Å². The number of hydrogen-bond donors (Lipinski definition) is 1. The number of nitrogens with zero attached hydrogens (tertiary/aromatic N) is 2. The molecule has 6 heteroatoms. The second-order valence-corrected chi connectivity index (χ2v) is 5.35. The quantitative estimate of drug-likeness (QED) is 0.833. The van der Waals surface area contributed by atoms with Crippen LogP contribution in [0, 0.1) is 0 Å². The molecule has 1 fully saturated rings. The molecule has 1 amide bonds. The summed E-state index contributed by atoms with van der Waals surface area (Å²) in [5, 5.41) is 0. The van der Waals surface area contributed by atoms with Gasteiger partial charge < -0.3 is 20.1 Å². The zero-order chi connectivity index (χ0) is 14.8. The van der Waals surface area contributed by atoms with Crippen molar-refractivity contribution in [1.29, 1.82) is 0 Å². The Morgan fingerprint density at radius 1 is 1.55 bits per heavy atom. The van der Waals surface area contributed by atoms with Gasteiger partial charge in [0, 0.05) is 31.5 Å². The van der Waals surface area contributed by atoms with Gasteiger partial charge in [-0.05, 0) is 13.0 Å². The largest absolute Gasteiger partial charge is 0.496 e. The Hall–Kier alpha value is -1.66. The Labute approximate surface area is 118 Å². The highest BCUT2D eigenvalue weighted by atomic mass is 16.5. The first kappa shape index (κ1) is 14.7. The first-order chi connectivity index (χ1) is 9.49. The first-order valence-corrected chi connectivity index (χ1v) is 6.55. The second-order valence-electron chi connectivity index (χ2n) is 5.35. The average Bonchev–Trinajstić information content (AvgIpc) is 2.43. The number of carbonyl (C=O) groups is 1. The van der Waals surface area contributed by atoms with Gasteiger partial charge in [0.05, 0.1) is 31.8 Å². The van der Waals surface area contributed by atoms with Crippen LogP contribution in [0.15, 0.2) is 18.5 Å². The van der Waals surface area contributed by atoms with E-state index in [0.29, 0.717) is 25.3 Å². The minimum atomic E-state index is -0.588. The number of methoxy groups -OCH3 is 2. The molecule has 0 spiro atoms. The van der Waals surface area contributed by atoms with Crippen molar-refractivity contribution in [2.24, 2.45) is 5.73 Å². The van der Waals surface area contributed by atoms with Crippen LogP contribution in [0.5, 0.6) is 5.75 Å². The molecule has 6 nitrogen and oxygen atoms in total. The summed E-state index contributed by atoms with van der Waals surface area (Å²) in [6, 6.07) is 1.17. The Bertz CT molecular complexity index is 486. The number of pyridine rings is 1. The van der Waals surface area contributed by atoms with E-state index in [-0.39, 0.29) is 11.5 Å². The molecule has 0 radical (unpaired) electrons. The zero-order valence-corrected chi connectivity index (χ0v) is 12.1. The van der Waals surface area contributed by atoms with E-state index in [2.05, 4.69) is 4.98 Å². The van der Waals surface area contributed by atoms with Gasteiger partial charge in [0.15, 0.2) is 0 Å². The maximum Gasteiger partial charge on any atom is 0.240 e. The lowest BCUT2D eigenvalue weighted by atomic mass is 9.94. The van der Waals surface area contributed by atoms with Crippen LogP contribution in [-0.2, 0) is 16.0 Å². The molecule has 20 heavy (non-hydrogen) atoms. The van der Waals surface area contributed by atoms with Gasteiger partial charge in [0.25, 0.3) is 0 Å². The summed E-state index contributed by atoms with van der Waals surface area (Å²) in [6.45, 7) is 3.15. The molecule has 2 N–H and O–H groups in total. The second kappa shape index (κ2) is 5.76.